The summed E-state index contributed by atoms with van der Waals surface area (Å²) in [5, 5.41) is 0. The SMILES string of the molecule is CC[C@@]1(C)CCCN(Cc2nccn2CCOC)C1. The Balaban J connectivity index is 1.95. The van der Waals surface area contributed by atoms with Crippen LogP contribution in [0, 0.1) is 5.41 Å². The van der Waals surface area contributed by atoms with Gasteiger partial charge in [0.15, 0.2) is 0 Å². The Hall–Kier alpha value is -0.870. The van der Waals surface area contributed by atoms with Crippen LogP contribution in [0.2, 0.25) is 0 Å². The van der Waals surface area contributed by atoms with E-state index in [4.69, 9.17) is 4.74 Å². The summed E-state index contributed by atoms with van der Waals surface area (Å²) in [6, 6.07) is 0. The zero-order chi connectivity index (χ0) is 13.7. The molecule has 1 atom stereocenters. The summed E-state index contributed by atoms with van der Waals surface area (Å²) in [5.74, 6) is 1.16. The monoisotopic (exact) mass is 265 g/mol. The highest BCUT2D eigenvalue weighted by Gasteiger charge is 2.29. The number of methoxy groups -OCH3 is 1. The van der Waals surface area contributed by atoms with Gasteiger partial charge in [-0.1, -0.05) is 13.8 Å². The lowest BCUT2D eigenvalue weighted by atomic mass is 9.80. The van der Waals surface area contributed by atoms with Gasteiger partial charge in [0.25, 0.3) is 0 Å². The molecule has 0 saturated carbocycles. The third kappa shape index (κ3) is 3.80. The molecule has 108 valence electrons. The Morgan fingerprint density at radius 2 is 2.32 bits per heavy atom. The van der Waals surface area contributed by atoms with E-state index >= 15 is 0 Å². The topological polar surface area (TPSA) is 30.3 Å². The highest BCUT2D eigenvalue weighted by molar-refractivity contribution is 4.94. The Bertz CT molecular complexity index is 390. The van der Waals surface area contributed by atoms with Crippen molar-refractivity contribution in [3.05, 3.63) is 18.2 Å². The number of ether oxygens (including phenoxy) is 1. The third-order valence-corrected chi connectivity index (χ3v) is 4.42. The third-order valence-electron chi connectivity index (χ3n) is 4.42. The highest BCUT2D eigenvalue weighted by atomic mass is 16.5. The molecule has 4 heteroatoms. The lowest BCUT2D eigenvalue weighted by molar-refractivity contribution is 0.0900. The number of nitrogens with zero attached hydrogens (tertiary/aromatic N) is 3. The highest BCUT2D eigenvalue weighted by Crippen LogP contribution is 2.32. The van der Waals surface area contributed by atoms with Crippen molar-refractivity contribution < 1.29 is 4.74 Å². The molecule has 1 saturated heterocycles. The average molecular weight is 265 g/mol. The van der Waals surface area contributed by atoms with Gasteiger partial charge in [-0.25, -0.2) is 4.98 Å². The Morgan fingerprint density at radius 1 is 1.47 bits per heavy atom. The fourth-order valence-electron chi connectivity index (χ4n) is 2.94. The van der Waals surface area contributed by atoms with Crippen LogP contribution in [0.25, 0.3) is 0 Å². The van der Waals surface area contributed by atoms with Crippen LogP contribution in [0.5, 0.6) is 0 Å². The molecule has 19 heavy (non-hydrogen) atoms. The van der Waals surface area contributed by atoms with Gasteiger partial charge in [0, 0.05) is 32.6 Å². The smallest absolute Gasteiger partial charge is 0.122 e. The van der Waals surface area contributed by atoms with Crippen molar-refractivity contribution >= 4 is 0 Å². The van der Waals surface area contributed by atoms with Gasteiger partial charge in [-0.2, -0.15) is 0 Å². The molecule has 2 rings (SSSR count). The largest absolute Gasteiger partial charge is 0.383 e. The number of aromatic nitrogens is 2. The number of piperidine rings is 1. The molecule has 1 aliphatic heterocycles. The van der Waals surface area contributed by atoms with Crippen LogP contribution >= 0.6 is 0 Å². The lowest BCUT2D eigenvalue weighted by Gasteiger charge is -2.39. The van der Waals surface area contributed by atoms with Crippen molar-refractivity contribution in [2.75, 3.05) is 26.8 Å². The molecule has 0 aromatic carbocycles. The maximum absolute atomic E-state index is 5.15. The van der Waals surface area contributed by atoms with Crippen LogP contribution in [0.3, 0.4) is 0 Å². The molecule has 1 aliphatic rings. The number of likely N-dealkylation sites (tertiary alicyclic amines) is 1. The van der Waals surface area contributed by atoms with Crippen molar-refractivity contribution in [3.8, 4) is 0 Å². The van der Waals surface area contributed by atoms with Gasteiger partial charge >= 0.3 is 0 Å². The molecule has 0 unspecified atom stereocenters. The van der Waals surface area contributed by atoms with Crippen molar-refractivity contribution in [1.29, 1.82) is 0 Å². The maximum Gasteiger partial charge on any atom is 0.122 e. The number of hydrogen-bond donors (Lipinski definition) is 0. The first-order valence-electron chi connectivity index (χ1n) is 7.38. The zero-order valence-electron chi connectivity index (χ0n) is 12.6. The first kappa shape index (κ1) is 14.5. The standard InChI is InChI=1S/C15H27N3O/c1-4-15(2)6-5-8-17(13-15)12-14-16-7-9-18(14)10-11-19-3/h7,9H,4-6,8,10-13H2,1-3H3/t15-/m0/s1. The number of hydrogen-bond acceptors (Lipinski definition) is 3. The first-order valence-corrected chi connectivity index (χ1v) is 7.38. The van der Waals surface area contributed by atoms with E-state index in [-0.39, 0.29) is 0 Å². The minimum absolute atomic E-state index is 0.488. The molecule has 0 amide bonds. The van der Waals surface area contributed by atoms with Crippen molar-refractivity contribution in [1.82, 2.24) is 14.5 Å². The average Bonchev–Trinajstić information content (AvgIpc) is 2.84. The van der Waals surface area contributed by atoms with Gasteiger partial charge in [-0.3, -0.25) is 4.90 Å². The molecule has 0 bridgehead atoms. The zero-order valence-corrected chi connectivity index (χ0v) is 12.6. The molecule has 0 aliphatic carbocycles. The summed E-state index contributed by atoms with van der Waals surface area (Å²) in [4.78, 5) is 7.06. The number of imidazole rings is 1. The summed E-state index contributed by atoms with van der Waals surface area (Å²) in [7, 11) is 1.74. The summed E-state index contributed by atoms with van der Waals surface area (Å²) >= 11 is 0. The molecule has 2 heterocycles. The second-order valence-corrected chi connectivity index (χ2v) is 6.01. The van der Waals surface area contributed by atoms with Gasteiger partial charge in [0.05, 0.1) is 13.2 Å². The van der Waals surface area contributed by atoms with E-state index in [1.54, 1.807) is 7.11 Å². The van der Waals surface area contributed by atoms with Crippen molar-refractivity contribution in [2.24, 2.45) is 5.41 Å². The van der Waals surface area contributed by atoms with E-state index in [1.807, 2.05) is 6.20 Å². The molecule has 1 aromatic rings. The fraction of sp³-hybridized carbons (Fsp3) is 0.800. The van der Waals surface area contributed by atoms with Crippen LogP contribution in [0.4, 0.5) is 0 Å². The van der Waals surface area contributed by atoms with Crippen molar-refractivity contribution in [3.63, 3.8) is 0 Å². The maximum atomic E-state index is 5.15. The minimum atomic E-state index is 0.488. The molecule has 1 fully saturated rings. The molecule has 0 N–H and O–H groups in total. The van der Waals surface area contributed by atoms with Crippen LogP contribution < -0.4 is 0 Å². The van der Waals surface area contributed by atoms with E-state index in [0.29, 0.717) is 5.41 Å². The van der Waals surface area contributed by atoms with Gasteiger partial charge in [-0.15, -0.1) is 0 Å². The van der Waals surface area contributed by atoms with E-state index in [9.17, 15) is 0 Å². The Morgan fingerprint density at radius 3 is 3.05 bits per heavy atom. The molecule has 0 radical (unpaired) electrons. The van der Waals surface area contributed by atoms with Gasteiger partial charge < -0.3 is 9.30 Å². The second kappa shape index (κ2) is 6.53. The molecule has 4 nitrogen and oxygen atoms in total. The summed E-state index contributed by atoms with van der Waals surface area (Å²) in [6.45, 7) is 9.72. The van der Waals surface area contributed by atoms with Crippen molar-refractivity contribution in [2.45, 2.75) is 46.2 Å². The van der Waals surface area contributed by atoms with Gasteiger partial charge in [0.1, 0.15) is 5.82 Å². The van der Waals surface area contributed by atoms with Crippen LogP contribution in [0.15, 0.2) is 12.4 Å². The van der Waals surface area contributed by atoms with E-state index in [0.717, 1.165) is 25.5 Å². The molecular formula is C15H27N3O. The fourth-order valence-corrected chi connectivity index (χ4v) is 2.94. The normalized spacial score (nSPS) is 24.8. The minimum Gasteiger partial charge on any atom is -0.383 e. The molecule has 0 spiro atoms. The van der Waals surface area contributed by atoms with E-state index in [2.05, 4.69) is 34.5 Å². The van der Waals surface area contributed by atoms with E-state index in [1.165, 1.54) is 32.4 Å². The summed E-state index contributed by atoms with van der Waals surface area (Å²) < 4.78 is 7.36. The second-order valence-electron chi connectivity index (χ2n) is 6.01. The molecule has 1 aromatic heterocycles. The first-order chi connectivity index (χ1) is 9.17. The lowest BCUT2D eigenvalue weighted by Crippen LogP contribution is -2.41. The van der Waals surface area contributed by atoms with Crippen LogP contribution in [0.1, 0.15) is 38.9 Å². The predicted octanol–water partition coefficient (Wildman–Crippen LogP) is 2.54. The number of rotatable bonds is 6. The Kier molecular flexibility index (Phi) is 4.99. The predicted molar refractivity (Wildman–Crippen MR) is 77.0 cm³/mol. The van der Waals surface area contributed by atoms with Crippen LogP contribution in [-0.4, -0.2) is 41.3 Å². The summed E-state index contributed by atoms with van der Waals surface area (Å²) in [5.41, 5.74) is 0.488. The van der Waals surface area contributed by atoms with E-state index < -0.39 is 0 Å². The van der Waals surface area contributed by atoms with Gasteiger partial charge in [0.2, 0.25) is 0 Å². The quantitative estimate of drug-likeness (QED) is 0.792. The van der Waals surface area contributed by atoms with Crippen LogP contribution in [-0.2, 0) is 17.8 Å². The Labute approximate surface area is 116 Å². The summed E-state index contributed by atoms with van der Waals surface area (Å²) in [6.07, 6.45) is 7.88. The van der Waals surface area contributed by atoms with Gasteiger partial charge in [-0.05, 0) is 31.2 Å². The molecular weight excluding hydrogens is 238 g/mol.